The molecule has 1 aliphatic rings. The molecule has 3 N–H and O–H groups in total. The van der Waals surface area contributed by atoms with E-state index in [1.54, 1.807) is 0 Å². The summed E-state index contributed by atoms with van der Waals surface area (Å²) >= 11 is 0. The number of aryl methyl sites for hydroxylation is 2. The Balaban J connectivity index is 0.00000264. The van der Waals surface area contributed by atoms with E-state index in [-0.39, 0.29) is 42.5 Å². The van der Waals surface area contributed by atoms with Crippen molar-refractivity contribution in [1.29, 1.82) is 0 Å². The maximum absolute atomic E-state index is 12.3. The van der Waals surface area contributed by atoms with E-state index in [1.165, 1.54) is 0 Å². The number of carbonyl (C=O) groups excluding carboxylic acids is 2. The maximum atomic E-state index is 12.3. The smallest absolute Gasteiger partial charge is 0.220 e. The van der Waals surface area contributed by atoms with E-state index in [2.05, 4.69) is 5.32 Å². The fourth-order valence-electron chi connectivity index (χ4n) is 3.19. The number of ketones is 1. The molecule has 0 unspecified atom stereocenters. The fraction of sp³-hybridized carbons (Fsp3) is 0.556. The van der Waals surface area contributed by atoms with Gasteiger partial charge in [0.05, 0.1) is 5.54 Å². The molecule has 128 valence electrons. The first-order valence-electron chi connectivity index (χ1n) is 8.07. The Bertz CT molecular complexity index is 566. The molecule has 0 saturated heterocycles. The molecule has 5 heteroatoms. The van der Waals surface area contributed by atoms with Crippen LogP contribution >= 0.6 is 12.4 Å². The van der Waals surface area contributed by atoms with Gasteiger partial charge in [-0.3, -0.25) is 9.59 Å². The van der Waals surface area contributed by atoms with Crippen molar-refractivity contribution < 1.29 is 9.59 Å². The van der Waals surface area contributed by atoms with Crippen molar-refractivity contribution in [3.8, 4) is 0 Å². The van der Waals surface area contributed by atoms with Gasteiger partial charge in [0.1, 0.15) is 0 Å². The van der Waals surface area contributed by atoms with Crippen LogP contribution < -0.4 is 11.1 Å². The quantitative estimate of drug-likeness (QED) is 0.783. The number of rotatable bonds is 6. The Morgan fingerprint density at radius 2 is 1.83 bits per heavy atom. The minimum absolute atomic E-state index is 0. The highest BCUT2D eigenvalue weighted by Crippen LogP contribution is 2.28. The molecular formula is C18H27ClN2O2. The number of benzene rings is 1. The molecule has 1 aliphatic carbocycles. The molecule has 4 nitrogen and oxygen atoms in total. The summed E-state index contributed by atoms with van der Waals surface area (Å²) in [6, 6.07) is 5.84. The van der Waals surface area contributed by atoms with Gasteiger partial charge in [-0.15, -0.1) is 12.4 Å². The minimum Gasteiger partial charge on any atom is -0.349 e. The van der Waals surface area contributed by atoms with Gasteiger partial charge in [0.2, 0.25) is 5.91 Å². The van der Waals surface area contributed by atoms with Crippen LogP contribution in [0.2, 0.25) is 0 Å². The van der Waals surface area contributed by atoms with Crippen molar-refractivity contribution in [2.75, 3.05) is 6.54 Å². The number of Topliss-reactive ketones (excluding diaryl/α,β-unsaturated/α-hetero) is 1. The van der Waals surface area contributed by atoms with Gasteiger partial charge in [0.15, 0.2) is 5.78 Å². The second-order valence-corrected chi connectivity index (χ2v) is 6.48. The summed E-state index contributed by atoms with van der Waals surface area (Å²) < 4.78 is 0. The van der Waals surface area contributed by atoms with Crippen LogP contribution in [0.1, 0.15) is 60.0 Å². The Labute approximate surface area is 144 Å². The standard InChI is InChI=1S/C18H26N2O2.ClH/c1-13-5-6-14(2)15(11-13)16(21)7-8-17(22)20-18(12-19)9-3-4-10-18;/h5-6,11H,3-4,7-10,12,19H2,1-2H3,(H,20,22);1H. The first-order chi connectivity index (χ1) is 10.5. The molecular weight excluding hydrogens is 312 g/mol. The largest absolute Gasteiger partial charge is 0.349 e. The van der Waals surface area contributed by atoms with Crippen LogP contribution in [0.15, 0.2) is 18.2 Å². The summed E-state index contributed by atoms with van der Waals surface area (Å²) in [5, 5.41) is 3.06. The zero-order valence-corrected chi connectivity index (χ0v) is 14.8. The first kappa shape index (κ1) is 19.7. The lowest BCUT2D eigenvalue weighted by Crippen LogP contribution is -2.51. The summed E-state index contributed by atoms with van der Waals surface area (Å²) in [5.74, 6) is -0.0319. The summed E-state index contributed by atoms with van der Waals surface area (Å²) in [6.45, 7) is 4.37. The van der Waals surface area contributed by atoms with Gasteiger partial charge >= 0.3 is 0 Å². The second kappa shape index (κ2) is 8.46. The van der Waals surface area contributed by atoms with Gasteiger partial charge in [0.25, 0.3) is 0 Å². The molecule has 1 fully saturated rings. The zero-order valence-electron chi connectivity index (χ0n) is 14.0. The number of nitrogens with two attached hydrogens (primary N) is 1. The number of amides is 1. The molecule has 0 bridgehead atoms. The molecule has 0 radical (unpaired) electrons. The Hall–Kier alpha value is -1.39. The normalized spacial score (nSPS) is 15.8. The van der Waals surface area contributed by atoms with Crippen LogP contribution in [0.4, 0.5) is 0 Å². The number of hydrogen-bond donors (Lipinski definition) is 2. The molecule has 2 rings (SSSR count). The predicted molar refractivity (Wildman–Crippen MR) is 95.1 cm³/mol. The van der Waals surface area contributed by atoms with E-state index in [9.17, 15) is 9.59 Å². The number of nitrogens with one attached hydrogen (secondary N) is 1. The second-order valence-electron chi connectivity index (χ2n) is 6.48. The zero-order chi connectivity index (χ0) is 16.2. The maximum Gasteiger partial charge on any atom is 0.220 e. The SMILES string of the molecule is Cc1ccc(C)c(C(=O)CCC(=O)NC2(CN)CCCC2)c1.Cl. The molecule has 1 aromatic carbocycles. The van der Waals surface area contributed by atoms with Crippen LogP contribution in [0.5, 0.6) is 0 Å². The van der Waals surface area contributed by atoms with E-state index in [0.29, 0.717) is 6.54 Å². The molecule has 0 spiro atoms. The lowest BCUT2D eigenvalue weighted by molar-refractivity contribution is -0.122. The molecule has 0 aromatic heterocycles. The van der Waals surface area contributed by atoms with E-state index >= 15 is 0 Å². The minimum atomic E-state index is -0.237. The fourth-order valence-corrected chi connectivity index (χ4v) is 3.19. The third-order valence-electron chi connectivity index (χ3n) is 4.63. The van der Waals surface area contributed by atoms with Gasteiger partial charge in [-0.25, -0.2) is 0 Å². The third-order valence-corrected chi connectivity index (χ3v) is 4.63. The van der Waals surface area contributed by atoms with Gasteiger partial charge in [-0.1, -0.05) is 30.5 Å². The van der Waals surface area contributed by atoms with Crippen molar-refractivity contribution in [1.82, 2.24) is 5.32 Å². The molecule has 1 amide bonds. The summed E-state index contributed by atoms with van der Waals surface area (Å²) in [7, 11) is 0. The van der Waals surface area contributed by atoms with Crippen molar-refractivity contribution in [2.45, 2.75) is 57.9 Å². The van der Waals surface area contributed by atoms with Gasteiger partial charge in [-0.2, -0.15) is 0 Å². The summed E-state index contributed by atoms with van der Waals surface area (Å²) in [4.78, 5) is 24.4. The number of halogens is 1. The molecule has 0 aliphatic heterocycles. The predicted octanol–water partition coefficient (Wildman–Crippen LogP) is 3.08. The number of hydrogen-bond acceptors (Lipinski definition) is 3. The summed E-state index contributed by atoms with van der Waals surface area (Å²) in [6.07, 6.45) is 4.59. The van der Waals surface area contributed by atoms with Crippen LogP contribution in [0.3, 0.4) is 0 Å². The van der Waals surface area contributed by atoms with Crippen molar-refractivity contribution >= 4 is 24.1 Å². The van der Waals surface area contributed by atoms with Crippen LogP contribution in [0.25, 0.3) is 0 Å². The van der Waals surface area contributed by atoms with Gasteiger partial charge in [0, 0.05) is 24.9 Å². The highest BCUT2D eigenvalue weighted by molar-refractivity contribution is 5.99. The topological polar surface area (TPSA) is 72.2 Å². The Morgan fingerprint density at radius 3 is 2.43 bits per heavy atom. The van der Waals surface area contributed by atoms with Crippen molar-refractivity contribution in [3.63, 3.8) is 0 Å². The number of carbonyl (C=O) groups is 2. The lowest BCUT2D eigenvalue weighted by Gasteiger charge is -2.28. The molecule has 0 heterocycles. The molecule has 23 heavy (non-hydrogen) atoms. The van der Waals surface area contributed by atoms with Crippen LogP contribution in [0, 0.1) is 13.8 Å². The Morgan fingerprint density at radius 1 is 1.17 bits per heavy atom. The average molecular weight is 339 g/mol. The van der Waals surface area contributed by atoms with Gasteiger partial charge in [-0.05, 0) is 38.3 Å². The monoisotopic (exact) mass is 338 g/mol. The van der Waals surface area contributed by atoms with Crippen LogP contribution in [-0.4, -0.2) is 23.8 Å². The Kier molecular flexibility index (Phi) is 7.23. The van der Waals surface area contributed by atoms with Crippen molar-refractivity contribution in [2.24, 2.45) is 5.73 Å². The van der Waals surface area contributed by atoms with Crippen LogP contribution in [-0.2, 0) is 4.79 Å². The van der Waals surface area contributed by atoms with Gasteiger partial charge < -0.3 is 11.1 Å². The highest BCUT2D eigenvalue weighted by Gasteiger charge is 2.33. The first-order valence-corrected chi connectivity index (χ1v) is 8.07. The van der Waals surface area contributed by atoms with E-state index in [4.69, 9.17) is 5.73 Å². The molecule has 1 saturated carbocycles. The van der Waals surface area contributed by atoms with E-state index < -0.39 is 0 Å². The van der Waals surface area contributed by atoms with E-state index in [0.717, 1.165) is 42.4 Å². The lowest BCUT2D eigenvalue weighted by atomic mass is 9.96. The van der Waals surface area contributed by atoms with E-state index in [1.807, 2.05) is 32.0 Å². The average Bonchev–Trinajstić information content (AvgIpc) is 2.96. The highest BCUT2D eigenvalue weighted by atomic mass is 35.5. The third kappa shape index (κ3) is 5.05. The molecule has 0 atom stereocenters. The molecule has 1 aromatic rings. The summed E-state index contributed by atoms with van der Waals surface area (Å²) in [5.41, 5.74) is 8.33. The van der Waals surface area contributed by atoms with Crippen molar-refractivity contribution in [3.05, 3.63) is 34.9 Å².